The first kappa shape index (κ1) is 23.3. The molecule has 0 aliphatic heterocycles. The van der Waals surface area contributed by atoms with Crippen LogP contribution in [0.3, 0.4) is 0 Å². The molecule has 0 saturated carbocycles. The van der Waals surface area contributed by atoms with Crippen molar-refractivity contribution in [2.75, 3.05) is 0 Å². The smallest absolute Gasteiger partial charge is 2.00 e. The molecule has 4 heavy (non-hydrogen) atoms. The second kappa shape index (κ2) is 67.6. The summed E-state index contributed by atoms with van der Waals surface area (Å²) >= 11 is 0. The van der Waals surface area contributed by atoms with Gasteiger partial charge in [-0.1, -0.05) is 0 Å². The molecule has 0 aliphatic rings. The van der Waals surface area contributed by atoms with E-state index in [1.165, 1.54) is 0 Å². The van der Waals surface area contributed by atoms with E-state index >= 15 is 0 Å². The van der Waals surface area contributed by atoms with E-state index in [9.17, 15) is 0 Å². The van der Waals surface area contributed by atoms with Gasteiger partial charge in [0.1, 0.15) is 0 Å². The van der Waals surface area contributed by atoms with Crippen molar-refractivity contribution in [2.24, 2.45) is 0 Å². The minimum Gasteiger partial charge on any atom is -2.00 e. The Kier molecular flexibility index (Phi) is 393. The van der Waals surface area contributed by atoms with Crippen LogP contribution < -0.4 is 0 Å². The van der Waals surface area contributed by atoms with E-state index in [0.717, 1.165) is 0 Å². The molecule has 2 nitrogen and oxygen atoms in total. The molecular formula is H2O2SiZn. The van der Waals surface area contributed by atoms with Gasteiger partial charge in [-0.05, 0) is 0 Å². The van der Waals surface area contributed by atoms with Gasteiger partial charge in [0, 0.05) is 0 Å². The molecule has 0 aromatic heterocycles. The van der Waals surface area contributed by atoms with Gasteiger partial charge in [0.25, 0.3) is 0 Å². The molecule has 0 aromatic rings. The normalized spacial score (nSPS) is 1.00. The predicted octanol–water partition coefficient (Wildman–Crippen LogP) is -1.16. The molecule has 0 atom stereocenters. The Bertz CT molecular complexity index is 6.00. The molecule has 20 valence electrons. The summed E-state index contributed by atoms with van der Waals surface area (Å²) in [5.74, 6) is 0. The van der Waals surface area contributed by atoms with Crippen LogP contribution in [0.1, 0.15) is 0 Å². The molecule has 4 heteroatoms. The minimum atomic E-state index is 0. The van der Waals surface area contributed by atoms with Crippen LogP contribution in [0, 0.1) is 0 Å². The van der Waals surface area contributed by atoms with Crippen molar-refractivity contribution >= 4 is 10.1 Å². The standard InChI is InChI=1S/H2OSi.O.Zn/c1-2;;/h2H2;;/q;-2;+2. The van der Waals surface area contributed by atoms with Gasteiger partial charge in [-0.15, -0.1) is 0 Å². The second-order valence-electron chi connectivity index (χ2n) is 0. The van der Waals surface area contributed by atoms with Crippen LogP contribution in [0.5, 0.6) is 0 Å². The van der Waals surface area contributed by atoms with Gasteiger partial charge in [0.05, 0.1) is 0 Å². The van der Waals surface area contributed by atoms with Crippen molar-refractivity contribution in [1.82, 2.24) is 0 Å². The third-order valence-electron chi connectivity index (χ3n) is 0. The average Bonchev–Trinajstić information content (AvgIpc) is 1.00. The molecule has 0 heterocycles. The number of hydrogen-bond donors (Lipinski definition) is 0. The third kappa shape index (κ3) is 18.5. The van der Waals surface area contributed by atoms with E-state index in [-0.39, 0.29) is 25.0 Å². The summed E-state index contributed by atoms with van der Waals surface area (Å²) in [7, 11) is 0.611. The predicted molar refractivity (Wildman–Crippen MR) is 9.92 cm³/mol. The van der Waals surface area contributed by atoms with Crippen molar-refractivity contribution in [1.29, 1.82) is 0 Å². The average molecular weight is 127 g/mol. The molecule has 0 aliphatic carbocycles. The molecule has 0 spiro atoms. The summed E-state index contributed by atoms with van der Waals surface area (Å²) in [5, 5.41) is 0. The quantitative estimate of drug-likeness (QED) is 0.379. The van der Waals surface area contributed by atoms with E-state index in [4.69, 9.17) is 4.46 Å². The van der Waals surface area contributed by atoms with Crippen LogP contribution in [0.15, 0.2) is 0 Å². The first-order valence-electron chi connectivity index (χ1n) is 0.289. The summed E-state index contributed by atoms with van der Waals surface area (Å²) in [6.45, 7) is 0. The van der Waals surface area contributed by atoms with Gasteiger partial charge < -0.3 is 9.94 Å². The van der Waals surface area contributed by atoms with Crippen molar-refractivity contribution in [2.45, 2.75) is 0 Å². The SMILES string of the molecule is O=[SiH2].[O-2].[Zn+2]. The Labute approximate surface area is 40.1 Å². The molecule has 0 bridgehead atoms. The van der Waals surface area contributed by atoms with Crippen molar-refractivity contribution in [3.8, 4) is 0 Å². The zero-order chi connectivity index (χ0) is 2.00. The van der Waals surface area contributed by atoms with E-state index in [1.807, 2.05) is 0 Å². The Morgan fingerprint density at radius 3 is 1.25 bits per heavy atom. The van der Waals surface area contributed by atoms with Gasteiger partial charge in [-0.2, -0.15) is 0 Å². The van der Waals surface area contributed by atoms with Gasteiger partial charge in [-0.25, -0.2) is 0 Å². The van der Waals surface area contributed by atoms with Crippen molar-refractivity contribution in [3.05, 3.63) is 0 Å². The monoisotopic (exact) mass is 126 g/mol. The van der Waals surface area contributed by atoms with Gasteiger partial charge in [0.2, 0.25) is 10.1 Å². The van der Waals surface area contributed by atoms with Crippen LogP contribution in [0.2, 0.25) is 0 Å². The van der Waals surface area contributed by atoms with E-state index in [1.54, 1.807) is 0 Å². The number of hydrogen-bond acceptors (Lipinski definition) is 1. The van der Waals surface area contributed by atoms with Crippen molar-refractivity contribution < 1.29 is 29.4 Å². The van der Waals surface area contributed by atoms with Gasteiger partial charge >= 0.3 is 19.5 Å². The fourth-order valence-electron chi connectivity index (χ4n) is 0. The molecule has 0 saturated heterocycles. The van der Waals surface area contributed by atoms with Crippen LogP contribution >= 0.6 is 0 Å². The minimum absolute atomic E-state index is 0. The number of rotatable bonds is 0. The van der Waals surface area contributed by atoms with Gasteiger partial charge in [0.15, 0.2) is 0 Å². The van der Waals surface area contributed by atoms with E-state index in [2.05, 4.69) is 0 Å². The maximum Gasteiger partial charge on any atom is 2.00 e. The van der Waals surface area contributed by atoms with Crippen LogP contribution in [0.4, 0.5) is 0 Å². The topological polar surface area (TPSA) is 45.6 Å². The molecule has 0 N–H and O–H groups in total. The molecular weight excluding hydrogens is 125 g/mol. The summed E-state index contributed by atoms with van der Waals surface area (Å²) in [4.78, 5) is 0. The van der Waals surface area contributed by atoms with E-state index < -0.39 is 0 Å². The zero-order valence-electron chi connectivity index (χ0n) is 2.23. The second-order valence-corrected chi connectivity index (χ2v) is 0. The molecule has 0 fully saturated rings. The summed E-state index contributed by atoms with van der Waals surface area (Å²) in [6.07, 6.45) is 0. The summed E-state index contributed by atoms with van der Waals surface area (Å²) < 4.78 is 8.28. The molecule has 0 aromatic carbocycles. The maximum atomic E-state index is 8.28. The zero-order valence-corrected chi connectivity index (χ0v) is 6.61. The Morgan fingerprint density at radius 1 is 1.25 bits per heavy atom. The Balaban J connectivity index is -0.00000000500. The van der Waals surface area contributed by atoms with Crippen LogP contribution in [-0.2, 0) is 29.4 Å². The van der Waals surface area contributed by atoms with Crippen LogP contribution in [-0.4, -0.2) is 10.1 Å². The summed E-state index contributed by atoms with van der Waals surface area (Å²) in [6, 6.07) is 0. The van der Waals surface area contributed by atoms with Crippen LogP contribution in [0.25, 0.3) is 0 Å². The molecule has 0 radical (unpaired) electrons. The fraction of sp³-hybridized carbons (Fsp3) is 0. The largest absolute Gasteiger partial charge is 2.00 e. The Morgan fingerprint density at radius 2 is 1.25 bits per heavy atom. The van der Waals surface area contributed by atoms with E-state index in [0.29, 0.717) is 10.1 Å². The van der Waals surface area contributed by atoms with Gasteiger partial charge in [-0.3, -0.25) is 0 Å². The molecule has 0 amide bonds. The Hall–Kier alpha value is 0.600. The third-order valence-corrected chi connectivity index (χ3v) is 0. The first-order valence-corrected chi connectivity index (χ1v) is 0.866. The van der Waals surface area contributed by atoms with Crippen molar-refractivity contribution in [3.63, 3.8) is 0 Å². The molecule has 0 rings (SSSR count). The maximum absolute atomic E-state index is 8.28. The molecule has 0 unspecified atom stereocenters. The summed E-state index contributed by atoms with van der Waals surface area (Å²) in [5.41, 5.74) is 0. The fourth-order valence-corrected chi connectivity index (χ4v) is 0. The first-order chi connectivity index (χ1) is 1.00.